The summed E-state index contributed by atoms with van der Waals surface area (Å²) in [4.78, 5) is 14.2. The van der Waals surface area contributed by atoms with Crippen molar-refractivity contribution in [2.75, 3.05) is 20.1 Å². The molecule has 0 radical (unpaired) electrons. The van der Waals surface area contributed by atoms with Gasteiger partial charge in [-0.3, -0.25) is 4.79 Å². The second kappa shape index (κ2) is 7.48. The molecule has 0 aromatic heterocycles. The maximum Gasteiger partial charge on any atom is 0.253 e. The molecule has 0 aliphatic carbocycles. The van der Waals surface area contributed by atoms with Gasteiger partial charge in [0.25, 0.3) is 5.91 Å². The molecule has 1 aliphatic heterocycles. The van der Waals surface area contributed by atoms with Gasteiger partial charge in [0.2, 0.25) is 0 Å². The van der Waals surface area contributed by atoms with Crippen LogP contribution in [-0.4, -0.2) is 37.0 Å². The van der Waals surface area contributed by atoms with Crippen LogP contribution in [0, 0.1) is 0 Å². The molecule has 1 aliphatic rings. The summed E-state index contributed by atoms with van der Waals surface area (Å²) in [6.45, 7) is 1.61. The van der Waals surface area contributed by atoms with Crippen molar-refractivity contribution in [1.82, 2.24) is 10.2 Å². The average molecular weight is 368 g/mol. The molecule has 19 heavy (non-hydrogen) atoms. The summed E-state index contributed by atoms with van der Waals surface area (Å²) < 4.78 is 0.814. The Labute approximate surface area is 133 Å². The Hall–Kier alpha value is -0.290. The maximum atomic E-state index is 12.3. The van der Waals surface area contributed by atoms with Crippen LogP contribution in [0.4, 0.5) is 0 Å². The number of hydrogen-bond acceptors (Lipinski definition) is 2. The van der Waals surface area contributed by atoms with Crippen LogP contribution in [0.3, 0.4) is 0 Å². The van der Waals surface area contributed by atoms with E-state index in [1.54, 1.807) is 6.07 Å². The zero-order chi connectivity index (χ0) is 13.1. The molecule has 1 aromatic carbocycles. The number of benzene rings is 1. The molecule has 1 fully saturated rings. The molecular formula is C13H17BrCl2N2O. The highest BCUT2D eigenvalue weighted by atomic mass is 79.9. The van der Waals surface area contributed by atoms with Crippen molar-refractivity contribution in [3.63, 3.8) is 0 Å². The summed E-state index contributed by atoms with van der Waals surface area (Å²) in [6.07, 6.45) is 2.01. The summed E-state index contributed by atoms with van der Waals surface area (Å²) in [5.74, 6) is 0.0685. The summed E-state index contributed by atoms with van der Waals surface area (Å²) in [6, 6.07) is 5.87. The Morgan fingerprint density at radius 1 is 1.42 bits per heavy atom. The van der Waals surface area contributed by atoms with E-state index in [-0.39, 0.29) is 18.3 Å². The molecular weight excluding hydrogens is 351 g/mol. The first-order chi connectivity index (χ1) is 8.61. The van der Waals surface area contributed by atoms with Crippen LogP contribution in [0.5, 0.6) is 0 Å². The number of carbonyl (C=O) groups excluding carboxylic acids is 1. The molecule has 1 saturated heterocycles. The lowest BCUT2D eigenvalue weighted by Crippen LogP contribution is -2.43. The van der Waals surface area contributed by atoms with Gasteiger partial charge in [0.1, 0.15) is 0 Å². The Morgan fingerprint density at radius 3 is 2.58 bits per heavy atom. The van der Waals surface area contributed by atoms with E-state index in [1.807, 2.05) is 24.1 Å². The Bertz CT molecular complexity index is 448. The molecule has 1 heterocycles. The SMILES string of the molecule is CNC1CCN(C(=O)c2ccc(Br)c(Cl)c2)CC1.Cl. The third kappa shape index (κ3) is 4.09. The largest absolute Gasteiger partial charge is 0.339 e. The quantitative estimate of drug-likeness (QED) is 0.869. The maximum absolute atomic E-state index is 12.3. The van der Waals surface area contributed by atoms with E-state index in [4.69, 9.17) is 11.6 Å². The van der Waals surface area contributed by atoms with Crippen molar-refractivity contribution in [2.45, 2.75) is 18.9 Å². The predicted octanol–water partition coefficient (Wildman–Crippen LogP) is 3.35. The van der Waals surface area contributed by atoms with Crippen LogP contribution in [0.25, 0.3) is 0 Å². The topological polar surface area (TPSA) is 32.3 Å². The number of piperidine rings is 1. The normalized spacial score (nSPS) is 16.1. The van der Waals surface area contributed by atoms with Crippen molar-refractivity contribution in [3.8, 4) is 0 Å². The minimum Gasteiger partial charge on any atom is -0.339 e. The Balaban J connectivity index is 0.00000180. The summed E-state index contributed by atoms with van der Waals surface area (Å²) in [5, 5.41) is 3.83. The number of amides is 1. The fraction of sp³-hybridized carbons (Fsp3) is 0.462. The van der Waals surface area contributed by atoms with E-state index < -0.39 is 0 Å². The van der Waals surface area contributed by atoms with Crippen LogP contribution in [0.1, 0.15) is 23.2 Å². The van der Waals surface area contributed by atoms with Gasteiger partial charge in [0.05, 0.1) is 5.02 Å². The molecule has 2 rings (SSSR count). The second-order valence-electron chi connectivity index (χ2n) is 4.48. The molecule has 0 saturated carbocycles. The van der Waals surface area contributed by atoms with Gasteiger partial charge < -0.3 is 10.2 Å². The van der Waals surface area contributed by atoms with Crippen LogP contribution in [0.2, 0.25) is 5.02 Å². The van der Waals surface area contributed by atoms with Crippen LogP contribution in [-0.2, 0) is 0 Å². The number of likely N-dealkylation sites (tertiary alicyclic amines) is 1. The zero-order valence-electron chi connectivity index (χ0n) is 10.7. The van der Waals surface area contributed by atoms with Crippen molar-refractivity contribution < 1.29 is 4.79 Å². The molecule has 106 valence electrons. The van der Waals surface area contributed by atoms with Gasteiger partial charge in [0, 0.05) is 29.2 Å². The minimum atomic E-state index is 0. The minimum absolute atomic E-state index is 0. The monoisotopic (exact) mass is 366 g/mol. The first-order valence-electron chi connectivity index (χ1n) is 6.03. The summed E-state index contributed by atoms with van der Waals surface area (Å²) in [5.41, 5.74) is 0.658. The number of hydrogen-bond donors (Lipinski definition) is 1. The molecule has 0 bridgehead atoms. The van der Waals surface area contributed by atoms with E-state index in [2.05, 4.69) is 21.2 Å². The van der Waals surface area contributed by atoms with E-state index in [0.29, 0.717) is 16.6 Å². The fourth-order valence-electron chi connectivity index (χ4n) is 2.18. The molecule has 1 N–H and O–H groups in total. The lowest BCUT2D eigenvalue weighted by molar-refractivity contribution is 0.0707. The standard InChI is InChI=1S/C13H16BrClN2O.ClH/c1-16-10-4-6-17(7-5-10)13(18)9-2-3-11(14)12(15)8-9;/h2-3,8,10,16H,4-7H2,1H3;1H. The number of carbonyl (C=O) groups is 1. The molecule has 3 nitrogen and oxygen atoms in total. The summed E-state index contributed by atoms with van der Waals surface area (Å²) >= 11 is 9.34. The summed E-state index contributed by atoms with van der Waals surface area (Å²) in [7, 11) is 1.97. The molecule has 1 amide bonds. The van der Waals surface area contributed by atoms with Crippen molar-refractivity contribution in [3.05, 3.63) is 33.3 Å². The van der Waals surface area contributed by atoms with Gasteiger partial charge in [-0.05, 0) is 54.0 Å². The molecule has 0 unspecified atom stereocenters. The number of nitrogens with zero attached hydrogens (tertiary/aromatic N) is 1. The Kier molecular flexibility index (Phi) is 6.60. The van der Waals surface area contributed by atoms with Gasteiger partial charge in [-0.2, -0.15) is 0 Å². The first kappa shape index (κ1) is 16.8. The second-order valence-corrected chi connectivity index (χ2v) is 5.75. The third-order valence-corrected chi connectivity index (χ3v) is 4.59. The van der Waals surface area contributed by atoms with Gasteiger partial charge >= 0.3 is 0 Å². The van der Waals surface area contributed by atoms with E-state index >= 15 is 0 Å². The van der Waals surface area contributed by atoms with Gasteiger partial charge in [-0.15, -0.1) is 12.4 Å². The predicted molar refractivity (Wildman–Crippen MR) is 84.4 cm³/mol. The number of halogens is 3. The van der Waals surface area contributed by atoms with Gasteiger partial charge in [0.15, 0.2) is 0 Å². The zero-order valence-corrected chi connectivity index (χ0v) is 13.8. The van der Waals surface area contributed by atoms with E-state index in [1.165, 1.54) is 0 Å². The van der Waals surface area contributed by atoms with E-state index in [0.717, 1.165) is 30.4 Å². The molecule has 0 spiro atoms. The fourth-order valence-corrected chi connectivity index (χ4v) is 2.61. The van der Waals surface area contributed by atoms with Crippen LogP contribution < -0.4 is 5.32 Å². The first-order valence-corrected chi connectivity index (χ1v) is 7.20. The van der Waals surface area contributed by atoms with Crippen LogP contribution >= 0.6 is 39.9 Å². The average Bonchev–Trinajstić information content (AvgIpc) is 2.41. The van der Waals surface area contributed by atoms with Crippen molar-refractivity contribution >= 4 is 45.8 Å². The van der Waals surface area contributed by atoms with Crippen molar-refractivity contribution in [1.29, 1.82) is 0 Å². The number of rotatable bonds is 2. The molecule has 0 atom stereocenters. The third-order valence-electron chi connectivity index (χ3n) is 3.36. The van der Waals surface area contributed by atoms with Gasteiger partial charge in [-0.1, -0.05) is 11.6 Å². The highest BCUT2D eigenvalue weighted by molar-refractivity contribution is 9.10. The highest BCUT2D eigenvalue weighted by Gasteiger charge is 2.22. The lowest BCUT2D eigenvalue weighted by Gasteiger charge is -2.31. The van der Waals surface area contributed by atoms with Crippen LogP contribution in [0.15, 0.2) is 22.7 Å². The highest BCUT2D eigenvalue weighted by Crippen LogP contribution is 2.24. The molecule has 1 aromatic rings. The lowest BCUT2D eigenvalue weighted by atomic mass is 10.0. The van der Waals surface area contributed by atoms with Gasteiger partial charge in [-0.25, -0.2) is 0 Å². The molecule has 6 heteroatoms. The van der Waals surface area contributed by atoms with E-state index in [9.17, 15) is 4.79 Å². The van der Waals surface area contributed by atoms with Crippen molar-refractivity contribution in [2.24, 2.45) is 0 Å². The number of nitrogens with one attached hydrogen (secondary N) is 1. The smallest absolute Gasteiger partial charge is 0.253 e. The Morgan fingerprint density at radius 2 is 2.05 bits per heavy atom.